The van der Waals surface area contributed by atoms with E-state index in [4.69, 9.17) is 4.74 Å². The van der Waals surface area contributed by atoms with Crippen molar-refractivity contribution < 1.29 is 9.53 Å². The first-order chi connectivity index (χ1) is 12.9. The lowest BCUT2D eigenvalue weighted by Crippen LogP contribution is -2.37. The van der Waals surface area contributed by atoms with Crippen LogP contribution in [0.1, 0.15) is 46.1 Å². The maximum atomic E-state index is 11.9. The average Bonchev–Trinajstić information content (AvgIpc) is 2.59. The fourth-order valence-corrected chi connectivity index (χ4v) is 2.45. The molecule has 6 nitrogen and oxygen atoms in total. The molecule has 0 unspecified atom stereocenters. The summed E-state index contributed by atoms with van der Waals surface area (Å²) < 4.78 is 5.57. The van der Waals surface area contributed by atoms with Gasteiger partial charge in [-0.2, -0.15) is 0 Å². The second-order valence-electron chi connectivity index (χ2n) is 7.52. The molecule has 160 valence electrons. The molecule has 0 aliphatic rings. The van der Waals surface area contributed by atoms with E-state index in [9.17, 15) is 4.79 Å². The third-order valence-corrected chi connectivity index (χ3v) is 3.70. The van der Waals surface area contributed by atoms with E-state index in [1.807, 2.05) is 38.1 Å². The maximum absolute atomic E-state index is 11.9. The molecular weight excluding hydrogens is 467 g/mol. The molecule has 28 heavy (non-hydrogen) atoms. The lowest BCUT2D eigenvalue weighted by atomic mass is 10.1. The van der Waals surface area contributed by atoms with Gasteiger partial charge in [0.25, 0.3) is 0 Å². The molecule has 1 amide bonds. The van der Waals surface area contributed by atoms with Crippen LogP contribution in [0.15, 0.2) is 29.3 Å². The van der Waals surface area contributed by atoms with Gasteiger partial charge in [-0.05, 0) is 36.0 Å². The molecule has 0 aliphatic heterocycles. The maximum Gasteiger partial charge on any atom is 0.224 e. The van der Waals surface area contributed by atoms with Crippen LogP contribution < -0.4 is 16.0 Å². The van der Waals surface area contributed by atoms with Crippen molar-refractivity contribution in [1.82, 2.24) is 10.6 Å². The van der Waals surface area contributed by atoms with Crippen LogP contribution >= 0.6 is 24.0 Å². The van der Waals surface area contributed by atoms with Crippen LogP contribution in [0.4, 0.5) is 5.69 Å². The Morgan fingerprint density at radius 1 is 1.14 bits per heavy atom. The van der Waals surface area contributed by atoms with Crippen LogP contribution in [-0.2, 0) is 16.1 Å². The Labute approximate surface area is 187 Å². The number of benzene rings is 1. The van der Waals surface area contributed by atoms with Crippen molar-refractivity contribution in [2.75, 3.05) is 32.1 Å². The van der Waals surface area contributed by atoms with Gasteiger partial charge in [0.05, 0.1) is 0 Å². The third-order valence-electron chi connectivity index (χ3n) is 3.70. The van der Waals surface area contributed by atoms with E-state index >= 15 is 0 Å². The number of nitrogens with zero attached hydrogens (tertiary/aromatic N) is 1. The number of carbonyl (C=O) groups is 1. The van der Waals surface area contributed by atoms with E-state index < -0.39 is 0 Å². The average molecular weight is 504 g/mol. The van der Waals surface area contributed by atoms with Gasteiger partial charge in [0, 0.05) is 45.5 Å². The Bertz CT molecular complexity index is 592. The molecule has 1 rings (SSSR count). The van der Waals surface area contributed by atoms with Crippen molar-refractivity contribution in [3.8, 4) is 0 Å². The predicted octanol–water partition coefficient (Wildman–Crippen LogP) is 4.02. The zero-order valence-corrected chi connectivity index (χ0v) is 20.2. The van der Waals surface area contributed by atoms with Crippen molar-refractivity contribution in [2.24, 2.45) is 16.8 Å². The summed E-state index contributed by atoms with van der Waals surface area (Å²) in [6, 6.07) is 7.87. The molecule has 0 fully saturated rings. The Balaban J connectivity index is 0.00000729. The molecule has 0 saturated heterocycles. The Morgan fingerprint density at radius 3 is 2.54 bits per heavy atom. The molecule has 3 N–H and O–H groups in total. The van der Waals surface area contributed by atoms with Crippen LogP contribution in [-0.4, -0.2) is 38.7 Å². The summed E-state index contributed by atoms with van der Waals surface area (Å²) in [7, 11) is 1.76. The van der Waals surface area contributed by atoms with Crippen LogP contribution in [0.3, 0.4) is 0 Å². The van der Waals surface area contributed by atoms with Gasteiger partial charge >= 0.3 is 0 Å². The predicted molar refractivity (Wildman–Crippen MR) is 128 cm³/mol. The highest BCUT2D eigenvalue weighted by Gasteiger charge is 2.06. The SMILES string of the molecule is CN=C(NCCCOCC(C)C)NCc1cccc(NC(=O)CC(C)C)c1.I. The van der Waals surface area contributed by atoms with Crippen LogP contribution in [0.2, 0.25) is 0 Å². The zero-order valence-electron chi connectivity index (χ0n) is 17.9. The topological polar surface area (TPSA) is 74.8 Å². The van der Waals surface area contributed by atoms with Crippen LogP contribution in [0, 0.1) is 11.8 Å². The molecule has 7 heteroatoms. The summed E-state index contributed by atoms with van der Waals surface area (Å²) in [4.78, 5) is 16.1. The van der Waals surface area contributed by atoms with Gasteiger partial charge in [0.1, 0.15) is 0 Å². The molecule has 0 aromatic heterocycles. The minimum Gasteiger partial charge on any atom is -0.381 e. The summed E-state index contributed by atoms with van der Waals surface area (Å²) >= 11 is 0. The number of guanidine groups is 1. The van der Waals surface area contributed by atoms with E-state index in [0.717, 1.165) is 43.4 Å². The molecule has 0 spiro atoms. The van der Waals surface area contributed by atoms with Crippen molar-refractivity contribution in [3.05, 3.63) is 29.8 Å². The number of nitrogens with one attached hydrogen (secondary N) is 3. The quantitative estimate of drug-likeness (QED) is 0.184. The number of hydrogen-bond acceptors (Lipinski definition) is 3. The lowest BCUT2D eigenvalue weighted by Gasteiger charge is -2.13. The molecule has 1 aromatic carbocycles. The summed E-state index contributed by atoms with van der Waals surface area (Å²) in [6.07, 6.45) is 1.46. The highest BCUT2D eigenvalue weighted by atomic mass is 127. The van der Waals surface area contributed by atoms with Gasteiger partial charge in [-0.15, -0.1) is 24.0 Å². The van der Waals surface area contributed by atoms with Gasteiger partial charge in [0.2, 0.25) is 5.91 Å². The molecule has 0 atom stereocenters. The van der Waals surface area contributed by atoms with E-state index in [0.29, 0.717) is 24.8 Å². The van der Waals surface area contributed by atoms with Crippen molar-refractivity contribution in [3.63, 3.8) is 0 Å². The standard InChI is InChI=1S/C21H36N4O2.HI/c1-16(2)12-20(26)25-19-9-6-8-18(13-19)14-24-21(22-5)23-10-7-11-27-15-17(3)4;/h6,8-9,13,16-17H,7,10-12,14-15H2,1-5H3,(H,25,26)(H2,22,23,24);1H. The molecule has 0 saturated carbocycles. The first-order valence-corrected chi connectivity index (χ1v) is 9.81. The number of carbonyl (C=O) groups excluding carboxylic acids is 1. The highest BCUT2D eigenvalue weighted by Crippen LogP contribution is 2.12. The third kappa shape index (κ3) is 12.9. The second-order valence-corrected chi connectivity index (χ2v) is 7.52. The first kappa shape index (κ1) is 26.6. The highest BCUT2D eigenvalue weighted by molar-refractivity contribution is 14.0. The Morgan fingerprint density at radius 2 is 1.89 bits per heavy atom. The second kappa shape index (κ2) is 15.6. The largest absolute Gasteiger partial charge is 0.381 e. The molecule has 0 heterocycles. The zero-order chi connectivity index (χ0) is 20.1. The summed E-state index contributed by atoms with van der Waals surface area (Å²) in [6.45, 7) is 11.4. The minimum atomic E-state index is 0. The van der Waals surface area contributed by atoms with Gasteiger partial charge < -0.3 is 20.7 Å². The molecule has 1 aromatic rings. The minimum absolute atomic E-state index is 0. The van der Waals surface area contributed by atoms with Gasteiger partial charge in [-0.1, -0.05) is 39.8 Å². The smallest absolute Gasteiger partial charge is 0.224 e. The first-order valence-electron chi connectivity index (χ1n) is 9.81. The molecule has 0 aliphatic carbocycles. The molecule has 0 radical (unpaired) electrons. The normalized spacial score (nSPS) is 11.3. The lowest BCUT2D eigenvalue weighted by molar-refractivity contribution is -0.116. The van der Waals surface area contributed by atoms with Crippen molar-refractivity contribution in [1.29, 1.82) is 0 Å². The number of amides is 1. The van der Waals surface area contributed by atoms with Gasteiger partial charge in [-0.3, -0.25) is 9.79 Å². The Hall–Kier alpha value is -1.35. The Kier molecular flexibility index (Phi) is 14.8. The van der Waals surface area contributed by atoms with Crippen LogP contribution in [0.5, 0.6) is 0 Å². The van der Waals surface area contributed by atoms with Gasteiger partial charge in [-0.25, -0.2) is 0 Å². The molecule has 0 bridgehead atoms. The summed E-state index contributed by atoms with van der Waals surface area (Å²) in [5, 5.41) is 9.53. The number of anilines is 1. The fraction of sp³-hybridized carbons (Fsp3) is 0.619. The number of hydrogen-bond donors (Lipinski definition) is 3. The van der Waals surface area contributed by atoms with E-state index in [2.05, 4.69) is 34.8 Å². The van der Waals surface area contributed by atoms with E-state index in [-0.39, 0.29) is 29.9 Å². The van der Waals surface area contributed by atoms with Crippen molar-refractivity contribution in [2.45, 2.75) is 47.1 Å². The summed E-state index contributed by atoms with van der Waals surface area (Å²) in [5.74, 6) is 1.72. The monoisotopic (exact) mass is 504 g/mol. The van der Waals surface area contributed by atoms with Gasteiger partial charge in [0.15, 0.2) is 5.96 Å². The number of ether oxygens (including phenoxy) is 1. The van der Waals surface area contributed by atoms with E-state index in [1.165, 1.54) is 0 Å². The molecular formula is C21H37IN4O2. The van der Waals surface area contributed by atoms with E-state index in [1.54, 1.807) is 7.05 Å². The van der Waals surface area contributed by atoms with Crippen molar-refractivity contribution >= 4 is 41.5 Å². The fourth-order valence-electron chi connectivity index (χ4n) is 2.45. The van der Waals surface area contributed by atoms with Crippen LogP contribution in [0.25, 0.3) is 0 Å². The number of rotatable bonds is 11. The summed E-state index contributed by atoms with van der Waals surface area (Å²) in [5.41, 5.74) is 1.91. The number of halogens is 1. The number of aliphatic imine (C=N–C) groups is 1.